The molecule has 0 atom stereocenters. The largest absolute Gasteiger partial charge is 0.392 e. The zero-order valence-corrected chi connectivity index (χ0v) is 13.4. The molecule has 0 aromatic carbocycles. The lowest BCUT2D eigenvalue weighted by Crippen LogP contribution is -2.57. The van der Waals surface area contributed by atoms with Crippen molar-refractivity contribution in [3.05, 3.63) is 0 Å². The van der Waals surface area contributed by atoms with Crippen molar-refractivity contribution in [3.8, 4) is 0 Å². The lowest BCUT2D eigenvalue weighted by Gasteiger charge is -2.40. The van der Waals surface area contributed by atoms with Gasteiger partial charge in [-0.15, -0.1) is 0 Å². The molecule has 0 aliphatic heterocycles. The van der Waals surface area contributed by atoms with Crippen molar-refractivity contribution >= 4 is 23.1 Å². The van der Waals surface area contributed by atoms with E-state index in [1.165, 1.54) is 6.42 Å². The Kier molecular flexibility index (Phi) is 5.78. The number of nitrogens with one attached hydrogen (secondary N) is 1. The SMILES string of the molecule is CCC(CC)(CC)NC(=O)C1(C(N)=S)CCCCC1. The number of thiocarbonyl (C=S) groups is 1. The van der Waals surface area contributed by atoms with Gasteiger partial charge in [0.2, 0.25) is 5.91 Å². The Hall–Kier alpha value is -0.640. The molecule has 1 amide bonds. The van der Waals surface area contributed by atoms with Gasteiger partial charge in [-0.2, -0.15) is 0 Å². The minimum Gasteiger partial charge on any atom is -0.392 e. The number of carbonyl (C=O) groups is 1. The third kappa shape index (κ3) is 3.28. The van der Waals surface area contributed by atoms with Crippen LogP contribution in [0, 0.1) is 5.41 Å². The average Bonchev–Trinajstić information content (AvgIpc) is 2.45. The summed E-state index contributed by atoms with van der Waals surface area (Å²) in [5.74, 6) is 0.0604. The van der Waals surface area contributed by atoms with E-state index in [-0.39, 0.29) is 11.4 Å². The Balaban J connectivity index is 2.92. The van der Waals surface area contributed by atoms with Gasteiger partial charge in [-0.3, -0.25) is 4.79 Å². The fourth-order valence-electron chi connectivity index (χ4n) is 3.12. The first-order valence-corrected chi connectivity index (χ1v) is 7.99. The topological polar surface area (TPSA) is 55.1 Å². The van der Waals surface area contributed by atoms with E-state index < -0.39 is 5.41 Å². The van der Waals surface area contributed by atoms with Crippen molar-refractivity contribution in [2.45, 2.75) is 77.7 Å². The van der Waals surface area contributed by atoms with Crippen LogP contribution < -0.4 is 11.1 Å². The van der Waals surface area contributed by atoms with Gasteiger partial charge in [0.15, 0.2) is 0 Å². The molecule has 110 valence electrons. The van der Waals surface area contributed by atoms with Gasteiger partial charge in [0.25, 0.3) is 0 Å². The van der Waals surface area contributed by atoms with Gasteiger partial charge in [0.05, 0.1) is 10.4 Å². The molecule has 0 spiro atoms. The molecule has 0 unspecified atom stereocenters. The number of hydrogen-bond donors (Lipinski definition) is 2. The van der Waals surface area contributed by atoms with Crippen LogP contribution in [0.5, 0.6) is 0 Å². The van der Waals surface area contributed by atoms with Crippen LogP contribution in [0.3, 0.4) is 0 Å². The molecule has 0 heterocycles. The van der Waals surface area contributed by atoms with Crippen LogP contribution in [0.4, 0.5) is 0 Å². The number of rotatable bonds is 6. The van der Waals surface area contributed by atoms with Crippen LogP contribution in [0.15, 0.2) is 0 Å². The number of carbonyl (C=O) groups excluding carboxylic acids is 1. The summed E-state index contributed by atoms with van der Waals surface area (Å²) in [4.78, 5) is 13.2. The minimum atomic E-state index is -0.599. The molecule has 0 aromatic rings. The van der Waals surface area contributed by atoms with Crippen LogP contribution in [-0.4, -0.2) is 16.4 Å². The summed E-state index contributed by atoms with van der Waals surface area (Å²) in [5.41, 5.74) is 5.21. The van der Waals surface area contributed by atoms with Crippen LogP contribution in [0.2, 0.25) is 0 Å². The van der Waals surface area contributed by atoms with Crippen molar-refractivity contribution in [3.63, 3.8) is 0 Å². The maximum absolute atomic E-state index is 12.8. The highest BCUT2D eigenvalue weighted by atomic mass is 32.1. The third-order valence-corrected chi connectivity index (χ3v) is 5.41. The van der Waals surface area contributed by atoms with Gasteiger partial charge in [-0.1, -0.05) is 52.3 Å². The smallest absolute Gasteiger partial charge is 0.233 e. The minimum absolute atomic E-state index is 0.0604. The van der Waals surface area contributed by atoms with Gasteiger partial charge in [0, 0.05) is 5.54 Å². The number of amides is 1. The maximum Gasteiger partial charge on any atom is 0.233 e. The van der Waals surface area contributed by atoms with Crippen molar-refractivity contribution in [1.82, 2.24) is 5.32 Å². The summed E-state index contributed by atoms with van der Waals surface area (Å²) in [5, 5.41) is 3.26. The second-order valence-corrected chi connectivity index (χ2v) is 6.24. The fourth-order valence-corrected chi connectivity index (χ4v) is 3.41. The van der Waals surface area contributed by atoms with E-state index in [1.54, 1.807) is 0 Å². The summed E-state index contributed by atoms with van der Waals surface area (Å²) >= 11 is 5.22. The van der Waals surface area contributed by atoms with Gasteiger partial charge in [-0.05, 0) is 32.1 Å². The van der Waals surface area contributed by atoms with E-state index in [0.717, 1.165) is 44.9 Å². The van der Waals surface area contributed by atoms with Crippen LogP contribution >= 0.6 is 12.2 Å². The molecule has 1 aliphatic rings. The molecule has 0 aromatic heterocycles. The Morgan fingerprint density at radius 3 is 2.00 bits per heavy atom. The maximum atomic E-state index is 12.8. The van der Waals surface area contributed by atoms with E-state index in [4.69, 9.17) is 18.0 Å². The lowest BCUT2D eigenvalue weighted by atomic mass is 9.72. The fraction of sp³-hybridized carbons (Fsp3) is 0.867. The van der Waals surface area contributed by atoms with E-state index in [1.807, 2.05) is 0 Å². The quantitative estimate of drug-likeness (QED) is 0.736. The van der Waals surface area contributed by atoms with Crippen molar-refractivity contribution in [1.29, 1.82) is 0 Å². The predicted molar refractivity (Wildman–Crippen MR) is 84.1 cm³/mol. The first-order chi connectivity index (χ1) is 8.96. The molecular weight excluding hydrogens is 256 g/mol. The van der Waals surface area contributed by atoms with Gasteiger partial charge < -0.3 is 11.1 Å². The van der Waals surface area contributed by atoms with Gasteiger partial charge in [0.1, 0.15) is 0 Å². The predicted octanol–water partition coefficient (Wildman–Crippen LogP) is 3.31. The summed E-state index contributed by atoms with van der Waals surface area (Å²) in [7, 11) is 0. The van der Waals surface area contributed by atoms with Crippen molar-refractivity contribution in [2.24, 2.45) is 11.1 Å². The Morgan fingerprint density at radius 1 is 1.16 bits per heavy atom. The molecule has 0 bridgehead atoms. The highest BCUT2D eigenvalue weighted by molar-refractivity contribution is 7.80. The van der Waals surface area contributed by atoms with Crippen molar-refractivity contribution < 1.29 is 4.79 Å². The molecule has 4 heteroatoms. The second kappa shape index (κ2) is 6.69. The first-order valence-electron chi connectivity index (χ1n) is 7.59. The summed E-state index contributed by atoms with van der Waals surface area (Å²) in [6.07, 6.45) is 7.71. The number of nitrogens with two attached hydrogens (primary N) is 1. The highest BCUT2D eigenvalue weighted by Crippen LogP contribution is 2.38. The molecule has 3 nitrogen and oxygen atoms in total. The van der Waals surface area contributed by atoms with E-state index >= 15 is 0 Å². The van der Waals surface area contributed by atoms with Gasteiger partial charge in [-0.25, -0.2) is 0 Å². The zero-order chi connectivity index (χ0) is 14.5. The second-order valence-electron chi connectivity index (χ2n) is 5.80. The molecule has 0 saturated heterocycles. The summed E-state index contributed by atoms with van der Waals surface area (Å²) < 4.78 is 0. The molecule has 1 rings (SSSR count). The van der Waals surface area contributed by atoms with Crippen LogP contribution in [0.1, 0.15) is 72.1 Å². The zero-order valence-electron chi connectivity index (χ0n) is 12.6. The van der Waals surface area contributed by atoms with Crippen LogP contribution in [-0.2, 0) is 4.79 Å². The highest BCUT2D eigenvalue weighted by Gasteiger charge is 2.44. The first kappa shape index (κ1) is 16.4. The molecule has 1 aliphatic carbocycles. The summed E-state index contributed by atoms with van der Waals surface area (Å²) in [6.45, 7) is 6.38. The third-order valence-electron chi connectivity index (χ3n) is 5.02. The molecule has 19 heavy (non-hydrogen) atoms. The Bertz CT molecular complexity index is 323. The Labute approximate surface area is 122 Å². The molecule has 1 fully saturated rings. The average molecular weight is 284 g/mol. The lowest BCUT2D eigenvalue weighted by molar-refractivity contribution is -0.131. The monoisotopic (exact) mass is 284 g/mol. The molecule has 3 N–H and O–H groups in total. The number of hydrogen-bond acceptors (Lipinski definition) is 2. The van der Waals surface area contributed by atoms with Crippen molar-refractivity contribution in [2.75, 3.05) is 0 Å². The molecule has 1 saturated carbocycles. The van der Waals surface area contributed by atoms with Gasteiger partial charge >= 0.3 is 0 Å². The molecular formula is C15H28N2OS. The van der Waals surface area contributed by atoms with Crippen LogP contribution in [0.25, 0.3) is 0 Å². The normalized spacial score (nSPS) is 18.9. The van der Waals surface area contributed by atoms with E-state index in [9.17, 15) is 4.79 Å². The summed E-state index contributed by atoms with van der Waals surface area (Å²) in [6, 6.07) is 0. The van der Waals surface area contributed by atoms with E-state index in [0.29, 0.717) is 4.99 Å². The Morgan fingerprint density at radius 2 is 1.63 bits per heavy atom. The molecule has 0 radical (unpaired) electrons. The van der Waals surface area contributed by atoms with E-state index in [2.05, 4.69) is 26.1 Å². The standard InChI is InChI=1S/C15H28N2OS/c1-4-14(5-2,6-3)17-13(18)15(12(16)19)10-8-7-9-11-15/h4-11H2,1-3H3,(H2,16,19)(H,17,18).